The summed E-state index contributed by atoms with van der Waals surface area (Å²) in [5.74, 6) is 0.607. The molecular weight excluding hydrogens is 258 g/mol. The Bertz CT molecular complexity index is 450. The molecule has 0 aliphatic carbocycles. The number of anilines is 2. The molecule has 0 atom stereocenters. The zero-order valence-corrected chi connectivity index (χ0v) is 12.3. The molecular formula is C13H23N5O2. The van der Waals surface area contributed by atoms with Crippen LogP contribution in [0.15, 0.2) is 12.1 Å². The molecule has 0 unspecified atom stereocenters. The van der Waals surface area contributed by atoms with Crippen molar-refractivity contribution in [1.82, 2.24) is 9.88 Å². The third kappa shape index (κ3) is 5.40. The van der Waals surface area contributed by atoms with Gasteiger partial charge in [-0.15, -0.1) is 0 Å². The van der Waals surface area contributed by atoms with Crippen LogP contribution < -0.4 is 11.1 Å². The summed E-state index contributed by atoms with van der Waals surface area (Å²) in [7, 11) is 2.10. The molecule has 7 heteroatoms. The lowest BCUT2D eigenvalue weighted by Crippen LogP contribution is -2.27. The van der Waals surface area contributed by atoms with Crippen LogP contribution in [0.25, 0.3) is 0 Å². The molecule has 0 fully saturated rings. The van der Waals surface area contributed by atoms with Crippen LogP contribution in [-0.2, 0) is 0 Å². The van der Waals surface area contributed by atoms with Crippen LogP contribution in [0.3, 0.4) is 0 Å². The van der Waals surface area contributed by atoms with Gasteiger partial charge in [-0.25, -0.2) is 4.98 Å². The van der Waals surface area contributed by atoms with E-state index in [1.54, 1.807) is 0 Å². The Kier molecular flexibility index (Phi) is 6.17. The van der Waals surface area contributed by atoms with Gasteiger partial charge >= 0.3 is 0 Å². The highest BCUT2D eigenvalue weighted by atomic mass is 16.6. The summed E-state index contributed by atoms with van der Waals surface area (Å²) in [5, 5.41) is 13.8. The van der Waals surface area contributed by atoms with E-state index in [-0.39, 0.29) is 11.5 Å². The molecule has 0 aliphatic heterocycles. The van der Waals surface area contributed by atoms with Crippen molar-refractivity contribution < 1.29 is 4.92 Å². The van der Waals surface area contributed by atoms with Gasteiger partial charge in [0, 0.05) is 12.6 Å². The minimum Gasteiger partial charge on any atom is -0.383 e. The SMILES string of the molecule is CC(C)N(C)CCCCNc1cc([N+](=O)[O-])cc(N)n1. The number of hydrogen-bond acceptors (Lipinski definition) is 6. The van der Waals surface area contributed by atoms with Gasteiger partial charge in [-0.05, 0) is 40.3 Å². The summed E-state index contributed by atoms with van der Waals surface area (Å²) in [6, 6.07) is 3.19. The third-order valence-corrected chi connectivity index (χ3v) is 3.17. The van der Waals surface area contributed by atoms with Crippen LogP contribution in [0.2, 0.25) is 0 Å². The second-order valence-electron chi connectivity index (χ2n) is 5.10. The zero-order valence-electron chi connectivity index (χ0n) is 12.3. The van der Waals surface area contributed by atoms with Gasteiger partial charge < -0.3 is 16.0 Å². The van der Waals surface area contributed by atoms with Crippen LogP contribution in [-0.4, -0.2) is 41.0 Å². The first-order valence-corrected chi connectivity index (χ1v) is 6.76. The first-order valence-electron chi connectivity index (χ1n) is 6.76. The number of nitrogen functional groups attached to an aromatic ring is 1. The van der Waals surface area contributed by atoms with Crippen molar-refractivity contribution >= 4 is 17.3 Å². The van der Waals surface area contributed by atoms with Gasteiger partial charge in [0.2, 0.25) is 0 Å². The summed E-state index contributed by atoms with van der Waals surface area (Å²) in [6.45, 7) is 6.07. The molecule has 0 aliphatic rings. The second kappa shape index (κ2) is 7.64. The minimum absolute atomic E-state index is 0.0421. The number of hydrogen-bond donors (Lipinski definition) is 2. The fourth-order valence-electron chi connectivity index (χ4n) is 1.69. The highest BCUT2D eigenvalue weighted by Gasteiger charge is 2.09. The van der Waals surface area contributed by atoms with Gasteiger partial charge in [0.1, 0.15) is 11.6 Å². The molecule has 1 aromatic rings. The third-order valence-electron chi connectivity index (χ3n) is 3.17. The normalized spacial score (nSPS) is 11.1. The van der Waals surface area contributed by atoms with Gasteiger partial charge in [-0.2, -0.15) is 0 Å². The van der Waals surface area contributed by atoms with E-state index in [4.69, 9.17) is 5.73 Å². The predicted octanol–water partition coefficient (Wildman–Crippen LogP) is 2.10. The average molecular weight is 281 g/mol. The molecule has 20 heavy (non-hydrogen) atoms. The summed E-state index contributed by atoms with van der Waals surface area (Å²) in [5.41, 5.74) is 5.50. The number of aromatic nitrogens is 1. The number of nitrogens with two attached hydrogens (primary N) is 1. The lowest BCUT2D eigenvalue weighted by atomic mass is 10.2. The van der Waals surface area contributed by atoms with Gasteiger partial charge in [-0.3, -0.25) is 10.1 Å². The number of nitro groups is 1. The van der Waals surface area contributed by atoms with E-state index < -0.39 is 4.92 Å². The van der Waals surface area contributed by atoms with E-state index in [1.807, 2.05) is 0 Å². The molecule has 112 valence electrons. The molecule has 0 aromatic carbocycles. The molecule has 1 heterocycles. The first-order chi connectivity index (χ1) is 9.40. The number of nitrogens with one attached hydrogen (secondary N) is 1. The van der Waals surface area contributed by atoms with Crippen molar-refractivity contribution in [2.75, 3.05) is 31.2 Å². The summed E-state index contributed by atoms with van der Waals surface area (Å²) in [6.07, 6.45) is 2.04. The Morgan fingerprint density at radius 1 is 1.45 bits per heavy atom. The maximum atomic E-state index is 10.7. The maximum Gasteiger partial charge on any atom is 0.276 e. The number of pyridine rings is 1. The van der Waals surface area contributed by atoms with Crippen molar-refractivity contribution in [3.05, 3.63) is 22.2 Å². The van der Waals surface area contributed by atoms with Crippen molar-refractivity contribution in [3.63, 3.8) is 0 Å². The number of nitrogens with zero attached hydrogens (tertiary/aromatic N) is 3. The predicted molar refractivity (Wildman–Crippen MR) is 80.8 cm³/mol. The van der Waals surface area contributed by atoms with Crippen LogP contribution >= 0.6 is 0 Å². The molecule has 0 saturated heterocycles. The summed E-state index contributed by atoms with van der Waals surface area (Å²) in [4.78, 5) is 16.5. The fourth-order valence-corrected chi connectivity index (χ4v) is 1.69. The largest absolute Gasteiger partial charge is 0.383 e. The Balaban J connectivity index is 2.37. The van der Waals surface area contributed by atoms with E-state index in [2.05, 4.69) is 36.1 Å². The van der Waals surface area contributed by atoms with E-state index >= 15 is 0 Å². The molecule has 7 nitrogen and oxygen atoms in total. The van der Waals surface area contributed by atoms with Crippen molar-refractivity contribution in [2.45, 2.75) is 32.7 Å². The van der Waals surface area contributed by atoms with Crippen molar-refractivity contribution in [3.8, 4) is 0 Å². The van der Waals surface area contributed by atoms with Crippen LogP contribution in [0.1, 0.15) is 26.7 Å². The van der Waals surface area contributed by atoms with Crippen LogP contribution in [0, 0.1) is 10.1 Å². The van der Waals surface area contributed by atoms with E-state index in [9.17, 15) is 10.1 Å². The van der Waals surface area contributed by atoms with Crippen LogP contribution in [0.4, 0.5) is 17.3 Å². The molecule has 3 N–H and O–H groups in total. The van der Waals surface area contributed by atoms with Crippen LogP contribution in [0.5, 0.6) is 0 Å². The van der Waals surface area contributed by atoms with Gasteiger partial charge in [0.05, 0.1) is 17.1 Å². The summed E-state index contributed by atoms with van der Waals surface area (Å²) >= 11 is 0. The monoisotopic (exact) mass is 281 g/mol. The topological polar surface area (TPSA) is 97.3 Å². The smallest absolute Gasteiger partial charge is 0.276 e. The quantitative estimate of drug-likeness (QED) is 0.430. The second-order valence-corrected chi connectivity index (χ2v) is 5.10. The van der Waals surface area contributed by atoms with E-state index in [1.165, 1.54) is 12.1 Å². The minimum atomic E-state index is -0.471. The Morgan fingerprint density at radius 3 is 2.75 bits per heavy atom. The maximum absolute atomic E-state index is 10.7. The highest BCUT2D eigenvalue weighted by Crippen LogP contribution is 2.18. The molecule has 0 bridgehead atoms. The highest BCUT2D eigenvalue weighted by molar-refractivity contribution is 5.52. The van der Waals surface area contributed by atoms with Gasteiger partial charge in [0.15, 0.2) is 0 Å². The average Bonchev–Trinajstić information content (AvgIpc) is 2.37. The zero-order chi connectivity index (χ0) is 15.1. The first kappa shape index (κ1) is 16.2. The van der Waals surface area contributed by atoms with E-state index in [0.29, 0.717) is 11.9 Å². The Morgan fingerprint density at radius 2 is 2.15 bits per heavy atom. The molecule has 0 saturated carbocycles. The molecule has 0 amide bonds. The van der Waals surface area contributed by atoms with E-state index in [0.717, 1.165) is 25.9 Å². The lowest BCUT2D eigenvalue weighted by Gasteiger charge is -2.20. The van der Waals surface area contributed by atoms with Crippen molar-refractivity contribution in [1.29, 1.82) is 0 Å². The number of rotatable bonds is 8. The lowest BCUT2D eigenvalue weighted by molar-refractivity contribution is -0.384. The molecule has 1 rings (SSSR count). The number of unbranched alkanes of at least 4 members (excludes halogenated alkanes) is 1. The van der Waals surface area contributed by atoms with Crippen molar-refractivity contribution in [2.24, 2.45) is 0 Å². The molecule has 0 spiro atoms. The Labute approximate surface area is 119 Å². The summed E-state index contributed by atoms with van der Waals surface area (Å²) < 4.78 is 0. The van der Waals surface area contributed by atoms with Gasteiger partial charge in [0.25, 0.3) is 5.69 Å². The molecule has 1 aromatic heterocycles. The Hall–Kier alpha value is -1.89. The van der Waals surface area contributed by atoms with Gasteiger partial charge in [-0.1, -0.05) is 0 Å². The standard InChI is InChI=1S/C13H23N5O2/c1-10(2)17(3)7-5-4-6-15-13-9-11(18(19)20)8-12(14)16-13/h8-10H,4-7H2,1-3H3,(H3,14,15,16). The fraction of sp³-hybridized carbons (Fsp3) is 0.615. The molecule has 0 radical (unpaired) electrons.